The first-order valence-corrected chi connectivity index (χ1v) is 11.1. The first-order chi connectivity index (χ1) is 17.2. The molecule has 7 nitrogen and oxygen atoms in total. The van der Waals surface area contributed by atoms with E-state index < -0.39 is 41.6 Å². The summed E-state index contributed by atoms with van der Waals surface area (Å²) < 4.78 is 29.5. The largest absolute Gasteiger partial charge is 0.480 e. The van der Waals surface area contributed by atoms with Gasteiger partial charge in [-0.1, -0.05) is 42.0 Å². The van der Waals surface area contributed by atoms with Crippen molar-refractivity contribution in [3.63, 3.8) is 0 Å². The molecule has 0 bridgehead atoms. The number of amides is 1. The second-order valence-electron chi connectivity index (χ2n) is 8.73. The van der Waals surface area contributed by atoms with Crippen molar-refractivity contribution in [2.75, 3.05) is 0 Å². The number of aromatic amines is 1. The predicted octanol–water partition coefficient (Wildman–Crippen LogP) is 4.69. The van der Waals surface area contributed by atoms with Crippen molar-refractivity contribution < 1.29 is 33.4 Å². The summed E-state index contributed by atoms with van der Waals surface area (Å²) in [6.07, 6.45) is -0.109. The Morgan fingerprint density at radius 3 is 2.44 bits per heavy atom. The van der Waals surface area contributed by atoms with E-state index >= 15 is 4.39 Å². The zero-order valence-corrected chi connectivity index (χ0v) is 19.0. The maximum atomic E-state index is 15.2. The van der Waals surface area contributed by atoms with Crippen molar-refractivity contribution >= 4 is 28.7 Å². The number of aryl methyl sites for hydroxylation is 1. The van der Waals surface area contributed by atoms with Crippen molar-refractivity contribution in [2.24, 2.45) is 0 Å². The van der Waals surface area contributed by atoms with Gasteiger partial charge in [0.25, 0.3) is 5.91 Å². The lowest BCUT2D eigenvalue weighted by molar-refractivity contribution is -0.143. The summed E-state index contributed by atoms with van der Waals surface area (Å²) in [6, 6.07) is 11.9. The number of carboxylic acids is 2. The van der Waals surface area contributed by atoms with Crippen LogP contribution < -0.4 is 0 Å². The third kappa shape index (κ3) is 3.60. The van der Waals surface area contributed by atoms with E-state index in [9.17, 15) is 29.0 Å². The normalized spacial score (nSPS) is 17.1. The van der Waals surface area contributed by atoms with Crippen LogP contribution in [0.15, 0.2) is 60.7 Å². The number of nitrogens with one attached hydrogen (secondary N) is 1. The van der Waals surface area contributed by atoms with Gasteiger partial charge in [-0.05, 0) is 36.8 Å². The van der Waals surface area contributed by atoms with Crippen LogP contribution in [0.25, 0.3) is 10.9 Å². The molecule has 0 aliphatic carbocycles. The second kappa shape index (κ2) is 8.60. The molecule has 0 unspecified atom stereocenters. The van der Waals surface area contributed by atoms with Crippen molar-refractivity contribution in [3.05, 3.63) is 106 Å². The minimum Gasteiger partial charge on any atom is -0.480 e. The fourth-order valence-electron chi connectivity index (χ4n) is 4.95. The smallest absolute Gasteiger partial charge is 0.336 e. The van der Waals surface area contributed by atoms with E-state index in [1.165, 1.54) is 30.3 Å². The van der Waals surface area contributed by atoms with Gasteiger partial charge in [0.2, 0.25) is 0 Å². The Kier molecular flexibility index (Phi) is 5.55. The molecule has 2 heterocycles. The van der Waals surface area contributed by atoms with Gasteiger partial charge in [-0.25, -0.2) is 18.4 Å². The van der Waals surface area contributed by atoms with E-state index in [2.05, 4.69) is 4.98 Å². The Bertz CT molecular complexity index is 1560. The lowest BCUT2D eigenvalue weighted by atomic mass is 9.86. The number of nitrogens with zero attached hydrogens (tertiary/aromatic N) is 1. The highest BCUT2D eigenvalue weighted by atomic mass is 19.2. The number of hydrogen-bond acceptors (Lipinski definition) is 3. The molecular formula is C27H20F2N2O5. The molecule has 0 saturated heterocycles. The number of aromatic nitrogens is 1. The number of carbonyl (C=O) groups is 3. The van der Waals surface area contributed by atoms with Crippen LogP contribution in [0.5, 0.6) is 0 Å². The number of para-hydroxylation sites is 1. The Morgan fingerprint density at radius 2 is 1.72 bits per heavy atom. The average molecular weight is 490 g/mol. The maximum Gasteiger partial charge on any atom is 0.336 e. The number of carboxylic acid groups (broad SMARTS) is 2. The highest BCUT2D eigenvalue weighted by Crippen LogP contribution is 2.43. The standard InChI is InChI=1S/C27H20F2N2O5/c1-13-9-10-15(18(11-13)26(33)34)25(32)31-21(27(35)36)12-17-14-5-2-3-8-20(14)30-23(17)24(31)16-6-4-7-19(28)22(16)29/h2-11,21,24,30H,12H2,1H3,(H,33,34)(H,35,36)/t21-,24+/m0/s1. The average Bonchev–Trinajstić information content (AvgIpc) is 3.22. The van der Waals surface area contributed by atoms with E-state index in [4.69, 9.17) is 0 Å². The molecule has 0 fully saturated rings. The number of hydrogen-bond donors (Lipinski definition) is 3. The molecule has 4 aromatic rings. The van der Waals surface area contributed by atoms with Gasteiger partial charge in [0, 0.05) is 28.6 Å². The molecule has 36 heavy (non-hydrogen) atoms. The predicted molar refractivity (Wildman–Crippen MR) is 126 cm³/mol. The van der Waals surface area contributed by atoms with Gasteiger partial charge in [-0.15, -0.1) is 0 Å². The van der Waals surface area contributed by atoms with Gasteiger partial charge < -0.3 is 20.1 Å². The highest BCUT2D eigenvalue weighted by Gasteiger charge is 2.45. The number of fused-ring (bicyclic) bond motifs is 3. The molecule has 182 valence electrons. The van der Waals surface area contributed by atoms with Gasteiger partial charge in [0.1, 0.15) is 12.1 Å². The Morgan fingerprint density at radius 1 is 0.972 bits per heavy atom. The molecule has 0 radical (unpaired) electrons. The van der Waals surface area contributed by atoms with Gasteiger partial charge in [-0.3, -0.25) is 4.79 Å². The summed E-state index contributed by atoms with van der Waals surface area (Å²) in [6.45, 7) is 1.66. The molecule has 1 aromatic heterocycles. The van der Waals surface area contributed by atoms with Crippen LogP contribution in [-0.4, -0.2) is 44.0 Å². The van der Waals surface area contributed by atoms with Crippen LogP contribution >= 0.6 is 0 Å². The minimum absolute atomic E-state index is 0.109. The Hall–Kier alpha value is -4.53. The number of aliphatic carboxylic acids is 1. The molecule has 2 atom stereocenters. The van der Waals surface area contributed by atoms with Gasteiger partial charge in [0.05, 0.1) is 11.1 Å². The van der Waals surface area contributed by atoms with E-state index in [0.29, 0.717) is 27.7 Å². The lowest BCUT2D eigenvalue weighted by Crippen LogP contribution is -2.52. The molecule has 1 aliphatic heterocycles. The summed E-state index contributed by atoms with van der Waals surface area (Å²) in [5.74, 6) is -6.02. The third-order valence-electron chi connectivity index (χ3n) is 6.56. The number of carbonyl (C=O) groups excluding carboxylic acids is 1. The van der Waals surface area contributed by atoms with Gasteiger partial charge in [-0.2, -0.15) is 0 Å². The molecule has 3 aromatic carbocycles. The van der Waals surface area contributed by atoms with Crippen LogP contribution in [0.4, 0.5) is 8.78 Å². The van der Waals surface area contributed by atoms with E-state index in [0.717, 1.165) is 11.0 Å². The Labute approximate surface area is 203 Å². The summed E-state index contributed by atoms with van der Waals surface area (Å²) in [4.78, 5) is 42.4. The van der Waals surface area contributed by atoms with Crippen LogP contribution in [0.2, 0.25) is 0 Å². The molecular weight excluding hydrogens is 470 g/mol. The van der Waals surface area contributed by atoms with E-state index in [1.807, 2.05) is 0 Å². The van der Waals surface area contributed by atoms with Gasteiger partial charge in [0.15, 0.2) is 11.6 Å². The third-order valence-corrected chi connectivity index (χ3v) is 6.56. The number of H-pyrrole nitrogens is 1. The summed E-state index contributed by atoms with van der Waals surface area (Å²) in [5, 5.41) is 20.6. The number of aromatic carboxylic acids is 1. The van der Waals surface area contributed by atoms with Crippen LogP contribution in [0, 0.1) is 18.6 Å². The zero-order chi connectivity index (χ0) is 25.7. The molecule has 1 amide bonds. The quantitative estimate of drug-likeness (QED) is 0.384. The fourth-order valence-corrected chi connectivity index (χ4v) is 4.95. The number of benzene rings is 3. The van der Waals surface area contributed by atoms with Crippen molar-refractivity contribution in [1.82, 2.24) is 9.88 Å². The first-order valence-electron chi connectivity index (χ1n) is 11.1. The number of halogens is 2. The maximum absolute atomic E-state index is 15.2. The minimum atomic E-state index is -1.47. The number of rotatable bonds is 4. The van der Waals surface area contributed by atoms with Crippen molar-refractivity contribution in [3.8, 4) is 0 Å². The summed E-state index contributed by atoms with van der Waals surface area (Å²) >= 11 is 0. The van der Waals surface area contributed by atoms with Crippen LogP contribution in [0.1, 0.15) is 49.1 Å². The van der Waals surface area contributed by atoms with E-state index in [-0.39, 0.29) is 23.1 Å². The van der Waals surface area contributed by atoms with Gasteiger partial charge >= 0.3 is 11.9 Å². The topological polar surface area (TPSA) is 111 Å². The van der Waals surface area contributed by atoms with Crippen LogP contribution in [0.3, 0.4) is 0 Å². The monoisotopic (exact) mass is 490 g/mol. The molecule has 0 spiro atoms. The first kappa shape index (κ1) is 23.2. The zero-order valence-electron chi connectivity index (χ0n) is 19.0. The SMILES string of the molecule is Cc1ccc(C(=O)N2[C@H](c3cccc(F)c3F)c3[nH]c4ccccc4c3C[C@H]2C(=O)O)c(C(=O)O)c1. The summed E-state index contributed by atoms with van der Waals surface area (Å²) in [7, 11) is 0. The highest BCUT2D eigenvalue weighted by molar-refractivity contribution is 6.06. The Balaban J connectivity index is 1.81. The summed E-state index contributed by atoms with van der Waals surface area (Å²) in [5.41, 5.74) is 1.33. The fraction of sp³-hybridized carbons (Fsp3) is 0.148. The molecule has 5 rings (SSSR count). The molecule has 1 aliphatic rings. The lowest BCUT2D eigenvalue weighted by Gasteiger charge is -2.40. The molecule has 3 N–H and O–H groups in total. The van der Waals surface area contributed by atoms with Crippen molar-refractivity contribution in [1.29, 1.82) is 0 Å². The van der Waals surface area contributed by atoms with E-state index in [1.54, 1.807) is 31.2 Å². The second-order valence-corrected chi connectivity index (χ2v) is 8.73. The van der Waals surface area contributed by atoms with Crippen molar-refractivity contribution in [2.45, 2.75) is 25.4 Å². The molecule has 9 heteroatoms. The molecule has 0 saturated carbocycles. The van der Waals surface area contributed by atoms with Crippen LogP contribution in [-0.2, 0) is 11.2 Å².